The molecule has 0 radical (unpaired) electrons. The fourth-order valence-corrected chi connectivity index (χ4v) is 1.61. The quantitative estimate of drug-likeness (QED) is 0.429. The number of hydrogen-bond acceptors (Lipinski definition) is 5. The first-order valence-corrected chi connectivity index (χ1v) is 5.13. The van der Waals surface area contributed by atoms with Crippen molar-refractivity contribution in [3.63, 3.8) is 0 Å². The van der Waals surface area contributed by atoms with Crippen LogP contribution >= 0.6 is 0 Å². The molecule has 3 atom stereocenters. The van der Waals surface area contributed by atoms with Gasteiger partial charge in [0.2, 0.25) is 5.91 Å². The largest absolute Gasteiger partial charge is 0.480 e. The number of carbonyl (C=O) groups excluding carboxylic acids is 2. The van der Waals surface area contributed by atoms with Crippen molar-refractivity contribution in [3.8, 4) is 0 Å². The molecule has 1 saturated heterocycles. The van der Waals surface area contributed by atoms with Gasteiger partial charge < -0.3 is 16.2 Å². The van der Waals surface area contributed by atoms with Crippen LogP contribution in [0, 0.1) is 5.92 Å². The minimum Gasteiger partial charge on any atom is -0.480 e. The average molecular weight is 245 g/mol. The van der Waals surface area contributed by atoms with Gasteiger partial charge in [0, 0.05) is 6.54 Å². The second-order valence-corrected chi connectivity index (χ2v) is 3.97. The zero-order valence-electron chi connectivity index (χ0n) is 9.29. The lowest BCUT2D eigenvalue weighted by Crippen LogP contribution is -2.52. The van der Waals surface area contributed by atoms with E-state index in [-0.39, 0.29) is 13.0 Å². The van der Waals surface area contributed by atoms with Crippen LogP contribution in [0.15, 0.2) is 0 Å². The molecular weight excluding hydrogens is 230 g/mol. The Labute approximate surface area is 97.3 Å². The molecule has 0 bridgehead atoms. The molecule has 1 aliphatic rings. The van der Waals surface area contributed by atoms with Gasteiger partial charge in [-0.25, -0.2) is 9.86 Å². The van der Waals surface area contributed by atoms with Crippen LogP contribution in [0.2, 0.25) is 0 Å². The summed E-state index contributed by atoms with van der Waals surface area (Å²) < 4.78 is 0. The van der Waals surface area contributed by atoms with Crippen molar-refractivity contribution in [2.45, 2.75) is 25.4 Å². The van der Waals surface area contributed by atoms with E-state index in [1.165, 1.54) is 6.92 Å². The number of nitrogens with two attached hydrogens (primary N) is 1. The first kappa shape index (κ1) is 13.4. The Bertz CT molecular complexity index is 344. The highest BCUT2D eigenvalue weighted by Gasteiger charge is 2.41. The zero-order chi connectivity index (χ0) is 13.2. The van der Waals surface area contributed by atoms with Crippen LogP contribution in [0.3, 0.4) is 0 Å². The molecule has 0 spiro atoms. The first-order chi connectivity index (χ1) is 7.84. The van der Waals surface area contributed by atoms with Crippen molar-refractivity contribution in [3.05, 3.63) is 0 Å². The fraction of sp³-hybridized carbons (Fsp3) is 0.667. The van der Waals surface area contributed by atoms with E-state index in [1.807, 2.05) is 0 Å². The Morgan fingerprint density at radius 3 is 2.53 bits per heavy atom. The van der Waals surface area contributed by atoms with Gasteiger partial charge in [-0.1, -0.05) is 0 Å². The average Bonchev–Trinajstić information content (AvgIpc) is 2.56. The van der Waals surface area contributed by atoms with E-state index in [4.69, 9.17) is 16.0 Å². The molecule has 1 aliphatic heterocycles. The highest BCUT2D eigenvalue weighted by Crippen LogP contribution is 2.20. The molecule has 0 aromatic carbocycles. The van der Waals surface area contributed by atoms with E-state index in [0.717, 1.165) is 0 Å². The third-order valence-corrected chi connectivity index (χ3v) is 2.60. The van der Waals surface area contributed by atoms with Crippen molar-refractivity contribution in [2.75, 3.05) is 6.54 Å². The molecule has 3 unspecified atom stereocenters. The molecule has 1 fully saturated rings. The Hall–Kier alpha value is -1.67. The summed E-state index contributed by atoms with van der Waals surface area (Å²) in [6, 6.07) is -2.23. The van der Waals surface area contributed by atoms with Crippen LogP contribution in [0.5, 0.6) is 0 Å². The number of nitrogens with zero attached hydrogens (tertiary/aromatic N) is 1. The summed E-state index contributed by atoms with van der Waals surface area (Å²) in [6.07, 6.45) is 0.172. The molecule has 5 N–H and O–H groups in total. The van der Waals surface area contributed by atoms with Crippen molar-refractivity contribution in [1.82, 2.24) is 10.4 Å². The summed E-state index contributed by atoms with van der Waals surface area (Å²) in [6.45, 7) is 1.46. The number of nitrogens with one attached hydrogen (secondary N) is 1. The van der Waals surface area contributed by atoms with E-state index in [9.17, 15) is 14.4 Å². The molecule has 0 aromatic rings. The maximum atomic E-state index is 11.4. The van der Waals surface area contributed by atoms with Gasteiger partial charge in [0.05, 0.1) is 12.0 Å². The molecule has 1 rings (SSSR count). The minimum atomic E-state index is -1.36. The van der Waals surface area contributed by atoms with Gasteiger partial charge in [-0.15, -0.1) is 0 Å². The number of amides is 2. The molecule has 2 amide bonds. The van der Waals surface area contributed by atoms with Gasteiger partial charge in [-0.2, -0.15) is 0 Å². The molecule has 0 saturated carbocycles. The molecule has 8 heteroatoms. The number of aliphatic carboxylic acids is 1. The second-order valence-electron chi connectivity index (χ2n) is 3.97. The molecule has 8 nitrogen and oxygen atoms in total. The summed E-state index contributed by atoms with van der Waals surface area (Å²) in [5.41, 5.74) is 5.30. The predicted molar refractivity (Wildman–Crippen MR) is 54.8 cm³/mol. The summed E-state index contributed by atoms with van der Waals surface area (Å²) in [4.78, 5) is 33.7. The minimum absolute atomic E-state index is 0.0569. The monoisotopic (exact) mass is 245 g/mol. The highest BCUT2D eigenvalue weighted by atomic mass is 16.5. The number of carbonyl (C=O) groups is 3. The van der Waals surface area contributed by atoms with E-state index >= 15 is 0 Å². The fourth-order valence-electron chi connectivity index (χ4n) is 1.61. The molecule has 96 valence electrons. The van der Waals surface area contributed by atoms with Crippen molar-refractivity contribution in [2.24, 2.45) is 11.7 Å². The number of rotatable bonds is 4. The normalized spacial score (nSPS) is 23.4. The predicted octanol–water partition coefficient (Wildman–Crippen LogP) is -1.86. The Balaban J connectivity index is 2.77. The molecular formula is C9H15N3O5. The summed E-state index contributed by atoms with van der Waals surface area (Å²) in [5.74, 6) is -3.64. The first-order valence-electron chi connectivity index (χ1n) is 5.13. The topological polar surface area (TPSA) is 133 Å². The van der Waals surface area contributed by atoms with Gasteiger partial charge in [0.25, 0.3) is 5.91 Å². The number of hydroxylamine groups is 2. The number of carboxylic acids is 1. The molecule has 0 aliphatic carbocycles. The van der Waals surface area contributed by atoms with Gasteiger partial charge in [0.15, 0.2) is 0 Å². The molecule has 17 heavy (non-hydrogen) atoms. The number of carboxylic acid groups (broad SMARTS) is 1. The van der Waals surface area contributed by atoms with E-state index in [2.05, 4.69) is 5.32 Å². The SMILES string of the molecule is CC(N)C(=O)NC(C(=O)O)C1CCN(O)C1=O. The highest BCUT2D eigenvalue weighted by molar-refractivity contribution is 5.92. The van der Waals surface area contributed by atoms with E-state index in [1.54, 1.807) is 0 Å². The van der Waals surface area contributed by atoms with Crippen LogP contribution in [-0.2, 0) is 14.4 Å². The third-order valence-electron chi connectivity index (χ3n) is 2.60. The summed E-state index contributed by atoms with van der Waals surface area (Å²) in [5, 5.41) is 20.7. The number of hydrogen-bond donors (Lipinski definition) is 4. The lowest BCUT2D eigenvalue weighted by molar-refractivity contribution is -0.162. The lowest BCUT2D eigenvalue weighted by atomic mass is 9.98. The van der Waals surface area contributed by atoms with Gasteiger partial charge in [0.1, 0.15) is 6.04 Å². The second kappa shape index (κ2) is 5.11. The Kier molecular flexibility index (Phi) is 4.02. The lowest BCUT2D eigenvalue weighted by Gasteiger charge is -2.20. The third kappa shape index (κ3) is 2.92. The van der Waals surface area contributed by atoms with Crippen LogP contribution in [-0.4, -0.2) is 51.8 Å². The van der Waals surface area contributed by atoms with Crippen molar-refractivity contribution >= 4 is 17.8 Å². The molecule has 0 aromatic heterocycles. The van der Waals surface area contributed by atoms with Crippen LogP contribution in [0.4, 0.5) is 0 Å². The Morgan fingerprint density at radius 2 is 2.18 bits per heavy atom. The maximum Gasteiger partial charge on any atom is 0.327 e. The molecule has 1 heterocycles. The Morgan fingerprint density at radius 1 is 1.59 bits per heavy atom. The summed E-state index contributed by atoms with van der Waals surface area (Å²) >= 11 is 0. The summed E-state index contributed by atoms with van der Waals surface area (Å²) in [7, 11) is 0. The van der Waals surface area contributed by atoms with Gasteiger partial charge >= 0.3 is 5.97 Å². The van der Waals surface area contributed by atoms with E-state index < -0.39 is 35.8 Å². The van der Waals surface area contributed by atoms with Crippen LogP contribution in [0.1, 0.15) is 13.3 Å². The van der Waals surface area contributed by atoms with Crippen LogP contribution < -0.4 is 11.1 Å². The maximum absolute atomic E-state index is 11.4. The van der Waals surface area contributed by atoms with Gasteiger partial charge in [-0.3, -0.25) is 14.8 Å². The van der Waals surface area contributed by atoms with Crippen molar-refractivity contribution < 1.29 is 24.7 Å². The zero-order valence-corrected chi connectivity index (χ0v) is 9.29. The van der Waals surface area contributed by atoms with Crippen LogP contribution in [0.25, 0.3) is 0 Å². The standard InChI is InChI=1S/C9H15N3O5/c1-4(10)7(13)11-6(9(15)16)5-2-3-12(17)8(5)14/h4-6,17H,2-3,10H2,1H3,(H,11,13)(H,15,16). The van der Waals surface area contributed by atoms with Crippen molar-refractivity contribution in [1.29, 1.82) is 0 Å². The smallest absolute Gasteiger partial charge is 0.327 e. The van der Waals surface area contributed by atoms with E-state index in [0.29, 0.717) is 5.06 Å². The van der Waals surface area contributed by atoms with Gasteiger partial charge in [-0.05, 0) is 13.3 Å².